The minimum Gasteiger partial charge on any atom is -0.319 e. The number of benzene rings is 1. The smallest absolute Gasteiger partial charge is 0.299 e. The molecule has 1 spiro atoms. The highest BCUT2D eigenvalue weighted by Gasteiger charge is 2.69. The van der Waals surface area contributed by atoms with E-state index < -0.39 is 34.1 Å². The topological polar surface area (TPSA) is 80.3 Å². The fourth-order valence-corrected chi connectivity index (χ4v) is 7.17. The van der Waals surface area contributed by atoms with Crippen LogP contribution in [0.1, 0.15) is 46.5 Å². The fourth-order valence-electron chi connectivity index (χ4n) is 5.76. The lowest BCUT2D eigenvalue weighted by molar-refractivity contribution is -0.575. The second kappa shape index (κ2) is 7.36. The molecule has 2 unspecified atom stereocenters. The number of hydrogen-bond donors (Lipinski definition) is 0. The molecular formula is C21H27IO7S. The number of fused-ring (bicyclic) bond motifs is 2. The van der Waals surface area contributed by atoms with E-state index in [0.29, 0.717) is 12.3 Å². The molecule has 0 aromatic heterocycles. The van der Waals surface area contributed by atoms with Gasteiger partial charge < -0.3 is 9.47 Å². The molecule has 5 aliphatic rings. The second-order valence-electron chi connectivity index (χ2n) is 9.28. The Morgan fingerprint density at radius 2 is 1.80 bits per heavy atom. The van der Waals surface area contributed by atoms with Crippen molar-refractivity contribution in [2.45, 2.75) is 75.3 Å². The van der Waals surface area contributed by atoms with Gasteiger partial charge in [-0.15, -0.1) is 0 Å². The molecule has 1 aliphatic carbocycles. The number of rotatable bonds is 3. The Labute approximate surface area is 190 Å². The van der Waals surface area contributed by atoms with Crippen molar-refractivity contribution in [3.63, 3.8) is 0 Å². The molecule has 1 saturated carbocycles. The molecule has 1 aromatic rings. The average Bonchev–Trinajstić information content (AvgIpc) is 2.92. The summed E-state index contributed by atoms with van der Waals surface area (Å²) in [7, 11) is -3.98. The minimum absolute atomic E-state index is 0.0111. The zero-order valence-electron chi connectivity index (χ0n) is 17.2. The molecule has 166 valence electrons. The molecule has 7 nitrogen and oxygen atoms in total. The van der Waals surface area contributed by atoms with Crippen LogP contribution < -0.4 is 0 Å². The maximum absolute atomic E-state index is 12.9. The van der Waals surface area contributed by atoms with Crippen LogP contribution in [-0.4, -0.2) is 32.4 Å². The van der Waals surface area contributed by atoms with Crippen LogP contribution in [-0.2, 0) is 33.6 Å². The van der Waals surface area contributed by atoms with Crippen molar-refractivity contribution in [3.05, 3.63) is 27.8 Å². The third-order valence-corrected chi connectivity index (χ3v) is 9.43. The summed E-state index contributed by atoms with van der Waals surface area (Å²) in [6.07, 6.45) is 1.88. The Morgan fingerprint density at radius 3 is 2.53 bits per heavy atom. The quantitative estimate of drug-likeness (QED) is 0.317. The van der Waals surface area contributed by atoms with E-state index in [1.165, 1.54) is 0 Å². The third-order valence-electron chi connectivity index (χ3n) is 7.42. The summed E-state index contributed by atoms with van der Waals surface area (Å²) >= 11 is 2.13. The highest BCUT2D eigenvalue weighted by molar-refractivity contribution is 14.1. The Bertz CT molecular complexity index is 922. The molecule has 4 heterocycles. The summed E-state index contributed by atoms with van der Waals surface area (Å²) in [4.78, 5) is 12.0. The van der Waals surface area contributed by atoms with E-state index in [-0.39, 0.29) is 22.6 Å². The largest absolute Gasteiger partial charge is 0.319 e. The molecule has 9 heteroatoms. The lowest BCUT2D eigenvalue weighted by Crippen LogP contribution is -2.70. The van der Waals surface area contributed by atoms with Crippen LogP contribution in [0.15, 0.2) is 29.2 Å². The lowest BCUT2D eigenvalue weighted by atomic mass is 9.58. The molecule has 0 radical (unpaired) electrons. The van der Waals surface area contributed by atoms with Gasteiger partial charge in [-0.05, 0) is 84.9 Å². The van der Waals surface area contributed by atoms with E-state index in [1.807, 2.05) is 13.8 Å². The van der Waals surface area contributed by atoms with Gasteiger partial charge in [0.1, 0.15) is 0 Å². The molecule has 30 heavy (non-hydrogen) atoms. The van der Waals surface area contributed by atoms with Crippen LogP contribution in [0.25, 0.3) is 0 Å². The van der Waals surface area contributed by atoms with Crippen molar-refractivity contribution in [3.8, 4) is 0 Å². The second-order valence-corrected chi connectivity index (χ2v) is 12.1. The van der Waals surface area contributed by atoms with Gasteiger partial charge in [-0.2, -0.15) is 8.42 Å². The van der Waals surface area contributed by atoms with Gasteiger partial charge in [0.25, 0.3) is 10.1 Å². The summed E-state index contributed by atoms with van der Waals surface area (Å²) < 4.78 is 44.9. The van der Waals surface area contributed by atoms with Crippen molar-refractivity contribution in [2.75, 3.05) is 0 Å². The van der Waals surface area contributed by atoms with Gasteiger partial charge in [-0.25, -0.2) is 14.0 Å². The predicted molar refractivity (Wildman–Crippen MR) is 114 cm³/mol. The van der Waals surface area contributed by atoms with Crippen molar-refractivity contribution in [1.29, 1.82) is 0 Å². The molecule has 6 rings (SSSR count). The first kappa shape index (κ1) is 21.5. The van der Waals surface area contributed by atoms with Gasteiger partial charge >= 0.3 is 0 Å². The van der Waals surface area contributed by atoms with Gasteiger partial charge in [0, 0.05) is 21.8 Å². The summed E-state index contributed by atoms with van der Waals surface area (Å²) in [6.45, 7) is 6.06. The highest BCUT2D eigenvalue weighted by Crippen LogP contribution is 2.60. The summed E-state index contributed by atoms with van der Waals surface area (Å²) in [5, 5.41) is 0. The van der Waals surface area contributed by atoms with E-state index in [0.717, 1.165) is 22.8 Å². The predicted octanol–water partition coefficient (Wildman–Crippen LogP) is 4.20. The van der Waals surface area contributed by atoms with Crippen LogP contribution in [0.3, 0.4) is 0 Å². The fraction of sp³-hybridized carbons (Fsp3) is 0.714. The van der Waals surface area contributed by atoms with Gasteiger partial charge in [-0.3, -0.25) is 0 Å². The monoisotopic (exact) mass is 550 g/mol. The standard InChI is InChI=1S/C21H27IO7S/c1-12-4-9-17-13(2)18(27-30(23,24)15-7-5-14(22)6-8-15)25-19-21(17)16(12)10-11-20(3,26-19)28-29-21/h5-8,12-13,16-19H,4,9-11H2,1-3H3/t12-,13-,16?,17?,18-,19-,20-,21-/m1/s1. The van der Waals surface area contributed by atoms with Crippen LogP contribution in [0.5, 0.6) is 0 Å². The van der Waals surface area contributed by atoms with Gasteiger partial charge in [-0.1, -0.05) is 13.8 Å². The van der Waals surface area contributed by atoms with Crippen molar-refractivity contribution in [2.24, 2.45) is 23.7 Å². The number of ether oxygens (including phenoxy) is 2. The Balaban J connectivity index is 1.47. The first-order valence-electron chi connectivity index (χ1n) is 10.5. The molecule has 2 bridgehead atoms. The normalized spacial score (nSPS) is 45.6. The molecule has 4 saturated heterocycles. The molecule has 1 aromatic carbocycles. The Morgan fingerprint density at radius 1 is 1.07 bits per heavy atom. The van der Waals surface area contributed by atoms with E-state index in [1.54, 1.807) is 24.3 Å². The number of hydrogen-bond acceptors (Lipinski definition) is 7. The zero-order valence-corrected chi connectivity index (χ0v) is 20.2. The molecular weight excluding hydrogens is 523 g/mol. The lowest BCUT2D eigenvalue weighted by Gasteiger charge is -2.60. The number of halogens is 1. The maximum Gasteiger partial charge on any atom is 0.299 e. The van der Waals surface area contributed by atoms with E-state index in [2.05, 4.69) is 29.5 Å². The van der Waals surface area contributed by atoms with Gasteiger partial charge in [0.15, 0.2) is 18.2 Å². The first-order valence-corrected chi connectivity index (χ1v) is 13.0. The average molecular weight is 550 g/mol. The summed E-state index contributed by atoms with van der Waals surface area (Å²) in [5.41, 5.74) is -0.737. The van der Waals surface area contributed by atoms with Crippen LogP contribution >= 0.6 is 22.6 Å². The van der Waals surface area contributed by atoms with Crippen LogP contribution in [0, 0.1) is 27.2 Å². The third kappa shape index (κ3) is 3.27. The van der Waals surface area contributed by atoms with Gasteiger partial charge in [0.05, 0.1) is 4.90 Å². The summed E-state index contributed by atoms with van der Waals surface area (Å²) in [6, 6.07) is 6.58. The maximum atomic E-state index is 12.9. The molecule has 8 atom stereocenters. The highest BCUT2D eigenvalue weighted by atomic mass is 127. The molecule has 0 N–H and O–H groups in total. The summed E-state index contributed by atoms with van der Waals surface area (Å²) in [5.74, 6) is -0.430. The molecule has 0 amide bonds. The van der Waals surface area contributed by atoms with Crippen molar-refractivity contribution in [1.82, 2.24) is 0 Å². The van der Waals surface area contributed by atoms with Crippen LogP contribution in [0.2, 0.25) is 0 Å². The Kier molecular flexibility index (Phi) is 5.28. The zero-order chi connectivity index (χ0) is 21.3. The molecule has 4 aliphatic heterocycles. The first-order chi connectivity index (χ1) is 14.1. The van der Waals surface area contributed by atoms with Crippen molar-refractivity contribution < 1.29 is 31.8 Å². The van der Waals surface area contributed by atoms with E-state index in [4.69, 9.17) is 23.4 Å². The van der Waals surface area contributed by atoms with E-state index >= 15 is 0 Å². The Hall–Kier alpha value is -0.300. The molecule has 5 fully saturated rings. The van der Waals surface area contributed by atoms with E-state index in [9.17, 15) is 8.42 Å². The van der Waals surface area contributed by atoms with Crippen LogP contribution in [0.4, 0.5) is 0 Å². The minimum atomic E-state index is -3.98. The van der Waals surface area contributed by atoms with Crippen molar-refractivity contribution >= 4 is 32.7 Å². The SMILES string of the molecule is C[C@@H]1CCC2[C@@H](C)[C@@H](OS(=O)(=O)c3ccc(I)cc3)O[C@@H]3O[C@@]4(C)CCC1[C@@]23OO4. The van der Waals surface area contributed by atoms with Gasteiger partial charge in [0.2, 0.25) is 5.79 Å².